The number of unbranched alkanes of at least 4 members (excludes halogenated alkanes) is 3. The zero-order valence-corrected chi connectivity index (χ0v) is 16.8. The molecule has 0 fully saturated rings. The van der Waals surface area contributed by atoms with E-state index in [1.807, 2.05) is 25.3 Å². The zero-order valence-electron chi connectivity index (χ0n) is 16.8. The lowest BCUT2D eigenvalue weighted by Crippen LogP contribution is -2.11. The second-order valence-corrected chi connectivity index (χ2v) is 7.52. The van der Waals surface area contributed by atoms with Gasteiger partial charge >= 0.3 is 0 Å². The second kappa shape index (κ2) is 9.01. The van der Waals surface area contributed by atoms with Crippen LogP contribution in [0.1, 0.15) is 55.6 Å². The van der Waals surface area contributed by atoms with Gasteiger partial charge in [-0.25, -0.2) is 9.97 Å². The number of oxazole rings is 1. The lowest BCUT2D eigenvalue weighted by molar-refractivity contribution is 0.474. The Bertz CT molecular complexity index is 1050. The maximum atomic E-state index is 6.36. The van der Waals surface area contributed by atoms with Crippen molar-refractivity contribution >= 4 is 10.9 Å². The Labute approximate surface area is 170 Å². The molecule has 1 aromatic carbocycles. The van der Waals surface area contributed by atoms with Crippen molar-refractivity contribution in [1.82, 2.24) is 19.9 Å². The van der Waals surface area contributed by atoms with Crippen LogP contribution in [0.5, 0.6) is 0 Å². The molecule has 3 heterocycles. The molecule has 150 valence electrons. The number of rotatable bonds is 9. The summed E-state index contributed by atoms with van der Waals surface area (Å²) in [6, 6.07) is 10.3. The van der Waals surface area contributed by atoms with Crippen molar-refractivity contribution in [2.24, 2.45) is 5.73 Å². The number of benzene rings is 1. The average molecular weight is 390 g/mol. The summed E-state index contributed by atoms with van der Waals surface area (Å²) < 4.78 is 5.26. The number of aromatic nitrogens is 4. The average Bonchev–Trinajstić information content (AvgIpc) is 3.42. The van der Waals surface area contributed by atoms with E-state index in [4.69, 9.17) is 15.1 Å². The Morgan fingerprint density at radius 1 is 1.07 bits per heavy atom. The van der Waals surface area contributed by atoms with E-state index < -0.39 is 0 Å². The summed E-state index contributed by atoms with van der Waals surface area (Å²) in [6.45, 7) is 2.00. The van der Waals surface area contributed by atoms with E-state index >= 15 is 0 Å². The molecule has 3 aromatic heterocycles. The number of hydrogen-bond acceptors (Lipinski definition) is 5. The van der Waals surface area contributed by atoms with E-state index in [2.05, 4.69) is 33.2 Å². The van der Waals surface area contributed by atoms with Crippen molar-refractivity contribution < 1.29 is 4.42 Å². The first-order chi connectivity index (χ1) is 14.2. The van der Waals surface area contributed by atoms with Crippen LogP contribution in [0.3, 0.4) is 0 Å². The molecule has 1 atom stereocenters. The highest BCUT2D eigenvalue weighted by Crippen LogP contribution is 2.24. The van der Waals surface area contributed by atoms with Crippen LogP contribution in [0.2, 0.25) is 0 Å². The maximum Gasteiger partial charge on any atom is 0.193 e. The van der Waals surface area contributed by atoms with Crippen molar-refractivity contribution in [2.75, 3.05) is 0 Å². The van der Waals surface area contributed by atoms with Gasteiger partial charge in [-0.1, -0.05) is 31.4 Å². The molecule has 0 aliphatic heterocycles. The molecule has 4 rings (SSSR count). The summed E-state index contributed by atoms with van der Waals surface area (Å²) in [5, 5.41) is 1.12. The summed E-state index contributed by atoms with van der Waals surface area (Å²) in [5.74, 6) is 1.67. The van der Waals surface area contributed by atoms with Crippen molar-refractivity contribution in [2.45, 2.75) is 51.5 Å². The highest BCUT2D eigenvalue weighted by Gasteiger charge is 2.12. The minimum Gasteiger partial charge on any atom is -0.449 e. The molecule has 0 aliphatic rings. The molecule has 4 aromatic rings. The quantitative estimate of drug-likeness (QED) is 0.388. The predicted molar refractivity (Wildman–Crippen MR) is 114 cm³/mol. The molecule has 0 aliphatic carbocycles. The van der Waals surface area contributed by atoms with E-state index in [9.17, 15) is 0 Å². The van der Waals surface area contributed by atoms with Crippen LogP contribution in [0.25, 0.3) is 22.2 Å². The van der Waals surface area contributed by atoms with Gasteiger partial charge in [0.25, 0.3) is 0 Å². The molecular formula is C23H27N5O. The highest BCUT2D eigenvalue weighted by atomic mass is 16.3. The Morgan fingerprint density at radius 2 is 1.97 bits per heavy atom. The largest absolute Gasteiger partial charge is 0.449 e. The molecule has 0 amide bonds. The number of aromatic amines is 1. The normalized spacial score (nSPS) is 12.5. The fourth-order valence-corrected chi connectivity index (χ4v) is 3.57. The molecule has 6 nitrogen and oxygen atoms in total. The molecule has 0 unspecified atom stereocenters. The van der Waals surface area contributed by atoms with Crippen LogP contribution < -0.4 is 5.73 Å². The van der Waals surface area contributed by atoms with Gasteiger partial charge in [0.2, 0.25) is 0 Å². The first kappa shape index (κ1) is 19.3. The van der Waals surface area contributed by atoms with E-state index in [0.29, 0.717) is 0 Å². The van der Waals surface area contributed by atoms with Crippen LogP contribution in [0.15, 0.2) is 53.4 Å². The van der Waals surface area contributed by atoms with Gasteiger partial charge in [0.15, 0.2) is 5.89 Å². The molecule has 29 heavy (non-hydrogen) atoms. The molecule has 3 N–H and O–H groups in total. The minimum atomic E-state index is -0.0692. The van der Waals surface area contributed by atoms with Crippen molar-refractivity contribution in [1.29, 1.82) is 0 Å². The van der Waals surface area contributed by atoms with Gasteiger partial charge in [0.05, 0.1) is 23.4 Å². The molecule has 0 saturated carbocycles. The topological polar surface area (TPSA) is 93.6 Å². The molecule has 0 saturated heterocycles. The van der Waals surface area contributed by atoms with E-state index in [0.717, 1.165) is 78.1 Å². The monoisotopic (exact) mass is 389 g/mol. The van der Waals surface area contributed by atoms with Gasteiger partial charge in [-0.2, -0.15) is 0 Å². The summed E-state index contributed by atoms with van der Waals surface area (Å²) in [6.07, 6.45) is 11.6. The van der Waals surface area contributed by atoms with Crippen molar-refractivity contribution in [3.05, 3.63) is 66.4 Å². The van der Waals surface area contributed by atoms with Crippen LogP contribution in [0.4, 0.5) is 0 Å². The number of nitrogens with one attached hydrogen (secondary N) is 1. The fourth-order valence-electron chi connectivity index (χ4n) is 3.57. The van der Waals surface area contributed by atoms with E-state index in [1.54, 1.807) is 12.5 Å². The third-order valence-electron chi connectivity index (χ3n) is 5.21. The number of imidazole rings is 1. The molecule has 6 heteroatoms. The molecule has 0 radical (unpaired) electrons. The van der Waals surface area contributed by atoms with Crippen LogP contribution in [-0.2, 0) is 6.42 Å². The van der Waals surface area contributed by atoms with Crippen LogP contribution >= 0.6 is 0 Å². The second-order valence-electron chi connectivity index (χ2n) is 7.52. The smallest absolute Gasteiger partial charge is 0.193 e. The lowest BCUT2D eigenvalue weighted by Gasteiger charge is -2.08. The van der Waals surface area contributed by atoms with Gasteiger partial charge in [-0.05, 0) is 38.0 Å². The van der Waals surface area contributed by atoms with E-state index in [1.165, 1.54) is 0 Å². The van der Waals surface area contributed by atoms with Gasteiger partial charge in [0, 0.05) is 29.3 Å². The maximum absolute atomic E-state index is 6.36. The number of fused-ring (bicyclic) bond motifs is 1. The van der Waals surface area contributed by atoms with Crippen LogP contribution in [0, 0.1) is 6.92 Å². The Kier molecular flexibility index (Phi) is 6.00. The molecule has 0 spiro atoms. The Morgan fingerprint density at radius 3 is 2.83 bits per heavy atom. The third kappa shape index (κ3) is 4.90. The summed E-state index contributed by atoms with van der Waals surface area (Å²) in [5.41, 5.74) is 10.4. The SMILES string of the molecule is Cc1ccc2cc(-c3c[nH]c([C@@H](N)CCCCCCc4ncco4)n3)ccc2n1. The standard InChI is InChI=1S/C23H27N5O/c1-16-8-9-17-14-18(10-11-20(17)27-16)21-15-26-23(28-21)19(24)6-4-2-3-5-7-22-25-12-13-29-22/h8-15,19H,2-7,24H2,1H3,(H,26,28)/t19-/m0/s1. The van der Waals surface area contributed by atoms with Crippen LogP contribution in [-0.4, -0.2) is 19.9 Å². The first-order valence-electron chi connectivity index (χ1n) is 10.3. The number of aryl methyl sites for hydroxylation is 2. The summed E-state index contributed by atoms with van der Waals surface area (Å²) >= 11 is 0. The minimum absolute atomic E-state index is 0.0692. The highest BCUT2D eigenvalue weighted by molar-refractivity contribution is 5.83. The van der Waals surface area contributed by atoms with Gasteiger partial charge in [-0.3, -0.25) is 4.98 Å². The number of pyridine rings is 1. The van der Waals surface area contributed by atoms with E-state index in [-0.39, 0.29) is 6.04 Å². The molecule has 0 bridgehead atoms. The lowest BCUT2D eigenvalue weighted by atomic mass is 10.1. The number of nitrogens with zero attached hydrogens (tertiary/aromatic N) is 3. The number of H-pyrrole nitrogens is 1. The predicted octanol–water partition coefficient (Wildman–Crippen LogP) is 5.11. The van der Waals surface area contributed by atoms with Crippen molar-refractivity contribution in [3.8, 4) is 11.3 Å². The zero-order chi connectivity index (χ0) is 20.1. The van der Waals surface area contributed by atoms with Gasteiger partial charge in [-0.15, -0.1) is 0 Å². The number of hydrogen-bond donors (Lipinski definition) is 2. The summed E-state index contributed by atoms with van der Waals surface area (Å²) in [7, 11) is 0. The fraction of sp³-hybridized carbons (Fsp3) is 0.348. The third-order valence-corrected chi connectivity index (χ3v) is 5.21. The Hall–Kier alpha value is -2.99. The Balaban J connectivity index is 1.28. The summed E-state index contributed by atoms with van der Waals surface area (Å²) in [4.78, 5) is 16.7. The number of nitrogens with two attached hydrogens (primary N) is 1. The van der Waals surface area contributed by atoms with Gasteiger partial charge in [0.1, 0.15) is 12.1 Å². The van der Waals surface area contributed by atoms with Crippen molar-refractivity contribution in [3.63, 3.8) is 0 Å². The first-order valence-corrected chi connectivity index (χ1v) is 10.3. The van der Waals surface area contributed by atoms with Gasteiger partial charge < -0.3 is 15.1 Å². The molecular weight excluding hydrogens is 362 g/mol.